The molecule has 0 atom stereocenters. The second-order valence-electron chi connectivity index (χ2n) is 5.91. The number of carbonyl (C=O) groups excluding carboxylic acids is 1. The van der Waals surface area contributed by atoms with Crippen molar-refractivity contribution in [3.05, 3.63) is 0 Å². The summed E-state index contributed by atoms with van der Waals surface area (Å²) in [5.74, 6) is 0. The van der Waals surface area contributed by atoms with E-state index in [-0.39, 0.29) is 58.2 Å². The van der Waals surface area contributed by atoms with Gasteiger partial charge in [0.2, 0.25) is 0 Å². The van der Waals surface area contributed by atoms with Gasteiger partial charge >= 0.3 is 58.2 Å². The molecule has 0 aromatic heterocycles. The Morgan fingerprint density at radius 3 is 1.15 bits per heavy atom. The molecule has 0 heterocycles. The fraction of sp³-hybridized carbons (Fsp3) is 0.944. The molecule has 0 saturated heterocycles. The van der Waals surface area contributed by atoms with Crippen molar-refractivity contribution in [2.75, 3.05) is 0 Å². The molecule has 0 fully saturated rings. The van der Waals surface area contributed by atoms with Crippen molar-refractivity contribution >= 4 is 64.5 Å². The van der Waals surface area contributed by atoms with Gasteiger partial charge in [0.25, 0.3) is 0 Å². The molecule has 116 valence electrons. The van der Waals surface area contributed by atoms with E-state index in [1.807, 2.05) is 0 Å². The van der Waals surface area contributed by atoms with Gasteiger partial charge in [0.15, 0.2) is 0 Å². The predicted molar refractivity (Wildman–Crippen MR) is 92.8 cm³/mol. The second kappa shape index (κ2) is 22.8. The Balaban J connectivity index is 0. The molecular formula is C18H37ORb. The van der Waals surface area contributed by atoms with E-state index in [9.17, 15) is 4.79 Å². The molecule has 0 amide bonds. The molecule has 0 unspecified atom stereocenters. The van der Waals surface area contributed by atoms with Crippen LogP contribution in [-0.2, 0) is 4.79 Å². The van der Waals surface area contributed by atoms with Crippen LogP contribution in [-0.4, -0.2) is 64.5 Å². The molecule has 0 aliphatic rings. The van der Waals surface area contributed by atoms with Gasteiger partial charge in [-0.15, -0.1) is 0 Å². The Kier molecular flexibility index (Phi) is 27.0. The average molecular weight is 355 g/mol. The molecular weight excluding hydrogens is 318 g/mol. The van der Waals surface area contributed by atoms with Crippen LogP contribution in [0.5, 0.6) is 0 Å². The Hall–Kier alpha value is 1.48. The maximum absolute atomic E-state index is 10.1. The van der Waals surface area contributed by atoms with Gasteiger partial charge < -0.3 is 4.79 Å². The summed E-state index contributed by atoms with van der Waals surface area (Å²) in [6.45, 7) is 2.28. The topological polar surface area (TPSA) is 17.1 Å². The van der Waals surface area contributed by atoms with E-state index >= 15 is 0 Å². The third kappa shape index (κ3) is 21.8. The van der Waals surface area contributed by atoms with Crippen LogP contribution in [0.15, 0.2) is 0 Å². The number of carbonyl (C=O) groups is 1. The van der Waals surface area contributed by atoms with E-state index in [4.69, 9.17) is 0 Å². The first-order valence-corrected chi connectivity index (χ1v) is 8.85. The molecule has 0 aliphatic heterocycles. The van der Waals surface area contributed by atoms with Crippen molar-refractivity contribution in [3.8, 4) is 0 Å². The van der Waals surface area contributed by atoms with Gasteiger partial charge in [-0.3, -0.25) is 0 Å². The summed E-state index contributed by atoms with van der Waals surface area (Å²) >= 11 is 0. The van der Waals surface area contributed by atoms with E-state index in [0.29, 0.717) is 0 Å². The van der Waals surface area contributed by atoms with E-state index in [0.717, 1.165) is 19.1 Å². The molecule has 0 aromatic carbocycles. The second-order valence-corrected chi connectivity index (χ2v) is 5.91. The van der Waals surface area contributed by atoms with Crippen molar-refractivity contribution in [2.24, 2.45) is 0 Å². The molecule has 1 nitrogen and oxygen atoms in total. The zero-order valence-corrected chi connectivity index (χ0v) is 13.3. The summed E-state index contributed by atoms with van der Waals surface area (Å²) in [5.41, 5.74) is 0. The molecule has 0 aliphatic carbocycles. The van der Waals surface area contributed by atoms with Gasteiger partial charge in [-0.1, -0.05) is 96.8 Å². The monoisotopic (exact) mass is 354 g/mol. The van der Waals surface area contributed by atoms with Crippen molar-refractivity contribution in [3.63, 3.8) is 0 Å². The van der Waals surface area contributed by atoms with Crippen LogP contribution in [0.4, 0.5) is 0 Å². The normalized spacial score (nSPS) is 10.2. The van der Waals surface area contributed by atoms with E-state index in [1.165, 1.54) is 89.9 Å². The first kappa shape index (κ1) is 23.7. The third-order valence-electron chi connectivity index (χ3n) is 3.93. The maximum atomic E-state index is 10.1. The summed E-state index contributed by atoms with van der Waals surface area (Å²) in [5, 5.41) is 0. The van der Waals surface area contributed by atoms with Crippen LogP contribution in [0.2, 0.25) is 0 Å². The van der Waals surface area contributed by atoms with E-state index in [2.05, 4.69) is 6.92 Å². The molecule has 0 saturated carbocycles. The van der Waals surface area contributed by atoms with Crippen LogP contribution < -0.4 is 0 Å². The number of aldehydes is 1. The van der Waals surface area contributed by atoms with Gasteiger partial charge in [-0.2, -0.15) is 0 Å². The average Bonchev–Trinajstić information content (AvgIpc) is 2.43. The van der Waals surface area contributed by atoms with Gasteiger partial charge in [-0.05, 0) is 6.42 Å². The number of rotatable bonds is 16. The summed E-state index contributed by atoms with van der Waals surface area (Å²) in [7, 11) is 0. The Morgan fingerprint density at radius 1 is 0.550 bits per heavy atom. The van der Waals surface area contributed by atoms with Crippen LogP contribution in [0.1, 0.15) is 110 Å². The fourth-order valence-electron chi connectivity index (χ4n) is 2.60. The van der Waals surface area contributed by atoms with Gasteiger partial charge in [0, 0.05) is 6.42 Å². The fourth-order valence-corrected chi connectivity index (χ4v) is 2.60. The van der Waals surface area contributed by atoms with Crippen LogP contribution in [0.25, 0.3) is 0 Å². The van der Waals surface area contributed by atoms with E-state index in [1.54, 1.807) is 0 Å². The standard InChI is InChI=1S/C18H36O.Rb.H/c1-2-3-4-5-6-7-8-9-10-11-12-13-14-15-16-17-18-19;;/h18H,2-17H2,1H3;;. The number of unbranched alkanes of at least 4 members (excludes halogenated alkanes) is 15. The van der Waals surface area contributed by atoms with Gasteiger partial charge in [0.1, 0.15) is 6.29 Å². The first-order valence-electron chi connectivity index (χ1n) is 8.85. The minimum absolute atomic E-state index is 0. The SMILES string of the molecule is CCCCCCCCCCCCCCCCCC=O.[RbH]. The zero-order valence-electron chi connectivity index (χ0n) is 13.3. The Bertz CT molecular complexity index is 171. The van der Waals surface area contributed by atoms with Gasteiger partial charge in [-0.25, -0.2) is 0 Å². The number of hydrogen-bond donors (Lipinski definition) is 0. The molecule has 0 bridgehead atoms. The molecule has 0 aromatic rings. The number of hydrogen-bond acceptors (Lipinski definition) is 1. The summed E-state index contributed by atoms with van der Waals surface area (Å²) in [6, 6.07) is 0. The van der Waals surface area contributed by atoms with Gasteiger partial charge in [0.05, 0.1) is 0 Å². The van der Waals surface area contributed by atoms with E-state index < -0.39 is 0 Å². The summed E-state index contributed by atoms with van der Waals surface area (Å²) in [6.07, 6.45) is 22.6. The summed E-state index contributed by atoms with van der Waals surface area (Å²) in [4.78, 5) is 10.1. The molecule has 0 spiro atoms. The van der Waals surface area contributed by atoms with Crippen molar-refractivity contribution in [1.29, 1.82) is 0 Å². The predicted octanol–water partition coefficient (Wildman–Crippen LogP) is 5.80. The quantitative estimate of drug-likeness (QED) is 0.253. The molecule has 0 N–H and O–H groups in total. The Labute approximate surface area is 176 Å². The van der Waals surface area contributed by atoms with Crippen LogP contribution in [0, 0.1) is 0 Å². The van der Waals surface area contributed by atoms with Crippen molar-refractivity contribution in [1.82, 2.24) is 0 Å². The third-order valence-corrected chi connectivity index (χ3v) is 3.93. The summed E-state index contributed by atoms with van der Waals surface area (Å²) < 4.78 is 0. The molecule has 0 radical (unpaired) electrons. The minimum atomic E-state index is 0. The first-order chi connectivity index (χ1) is 9.41. The molecule has 20 heavy (non-hydrogen) atoms. The van der Waals surface area contributed by atoms with Crippen molar-refractivity contribution < 1.29 is 4.79 Å². The molecule has 0 rings (SSSR count). The Morgan fingerprint density at radius 2 is 0.850 bits per heavy atom. The van der Waals surface area contributed by atoms with Crippen LogP contribution >= 0.6 is 0 Å². The van der Waals surface area contributed by atoms with Crippen molar-refractivity contribution in [2.45, 2.75) is 110 Å². The zero-order chi connectivity index (χ0) is 14.0. The molecule has 2 heteroatoms. The van der Waals surface area contributed by atoms with Crippen LogP contribution in [0.3, 0.4) is 0 Å².